The van der Waals surface area contributed by atoms with E-state index in [0.29, 0.717) is 10.7 Å². The molecule has 1 aliphatic carbocycles. The summed E-state index contributed by atoms with van der Waals surface area (Å²) in [6.07, 6.45) is 3.36. The molecule has 1 saturated carbocycles. The first kappa shape index (κ1) is 15.4. The van der Waals surface area contributed by atoms with Gasteiger partial charge < -0.3 is 4.74 Å². The number of ether oxygens (including phenoxy) is 1. The highest BCUT2D eigenvalue weighted by atomic mass is 79.9. The van der Waals surface area contributed by atoms with Gasteiger partial charge in [0.15, 0.2) is 0 Å². The third-order valence-corrected chi connectivity index (χ3v) is 7.87. The molecule has 3 atom stereocenters. The summed E-state index contributed by atoms with van der Waals surface area (Å²) in [7, 11) is 0. The zero-order valence-electron chi connectivity index (χ0n) is 12.0. The van der Waals surface area contributed by atoms with E-state index in [4.69, 9.17) is 4.74 Å². The molecule has 0 bridgehead atoms. The lowest BCUT2D eigenvalue weighted by Crippen LogP contribution is -2.57. The van der Waals surface area contributed by atoms with Crippen LogP contribution >= 0.6 is 47.8 Å². The highest BCUT2D eigenvalue weighted by Gasteiger charge is 2.54. The summed E-state index contributed by atoms with van der Waals surface area (Å²) in [5.41, 5.74) is 1.49. The molecular weight excluding hydrogens is 448 g/mol. The fourth-order valence-corrected chi connectivity index (χ4v) is 5.84. The van der Waals surface area contributed by atoms with Crippen LogP contribution in [0.25, 0.3) is 0 Å². The zero-order chi connectivity index (χ0) is 14.7. The largest absolute Gasteiger partial charge is 0.486 e. The Balaban J connectivity index is 2.08. The Morgan fingerprint density at radius 3 is 2.60 bits per heavy atom. The minimum Gasteiger partial charge on any atom is -0.486 e. The van der Waals surface area contributed by atoms with E-state index in [9.17, 15) is 0 Å². The van der Waals surface area contributed by atoms with Crippen molar-refractivity contribution in [1.82, 2.24) is 0 Å². The maximum Gasteiger partial charge on any atom is 0.137 e. The molecular formula is C16H19Br3O. The molecule has 3 rings (SSSR count). The second-order valence-electron chi connectivity index (χ2n) is 6.87. The lowest BCUT2D eigenvalue weighted by Gasteiger charge is -2.55. The first-order chi connectivity index (χ1) is 9.24. The van der Waals surface area contributed by atoms with E-state index in [-0.39, 0.29) is 11.0 Å². The third kappa shape index (κ3) is 2.30. The van der Waals surface area contributed by atoms with Gasteiger partial charge in [-0.25, -0.2) is 0 Å². The zero-order valence-corrected chi connectivity index (χ0v) is 16.7. The Morgan fingerprint density at radius 2 is 1.90 bits per heavy atom. The molecule has 20 heavy (non-hydrogen) atoms. The van der Waals surface area contributed by atoms with E-state index in [1.54, 1.807) is 0 Å². The normalized spacial score (nSPS) is 34.9. The van der Waals surface area contributed by atoms with Gasteiger partial charge in [-0.05, 0) is 65.2 Å². The Hall–Kier alpha value is 0.460. The van der Waals surface area contributed by atoms with Gasteiger partial charge in [0.25, 0.3) is 0 Å². The fourth-order valence-electron chi connectivity index (χ4n) is 3.90. The minimum atomic E-state index is -0.0584. The Bertz CT molecular complexity index is 555. The van der Waals surface area contributed by atoms with Crippen LogP contribution in [0.1, 0.15) is 39.2 Å². The molecule has 0 unspecified atom stereocenters. The summed E-state index contributed by atoms with van der Waals surface area (Å²) in [6.45, 7) is 7.03. The van der Waals surface area contributed by atoms with Crippen molar-refractivity contribution in [3.8, 4) is 5.75 Å². The van der Waals surface area contributed by atoms with Gasteiger partial charge in [-0.15, -0.1) is 0 Å². The smallest absolute Gasteiger partial charge is 0.137 e. The minimum absolute atomic E-state index is 0.0584. The summed E-state index contributed by atoms with van der Waals surface area (Å²) >= 11 is 11.1. The highest BCUT2D eigenvalue weighted by Crippen LogP contribution is 2.56. The van der Waals surface area contributed by atoms with Crippen molar-refractivity contribution < 1.29 is 4.74 Å². The topological polar surface area (TPSA) is 9.23 Å². The number of alkyl halides is 1. The second-order valence-corrected chi connectivity index (χ2v) is 9.75. The summed E-state index contributed by atoms with van der Waals surface area (Å²) in [5, 5.41) is 0. The van der Waals surface area contributed by atoms with Crippen molar-refractivity contribution in [3.05, 3.63) is 26.6 Å². The van der Waals surface area contributed by atoms with Gasteiger partial charge in [0.05, 0.1) is 4.47 Å². The summed E-state index contributed by atoms with van der Waals surface area (Å²) in [4.78, 5) is 0.564. The summed E-state index contributed by atoms with van der Waals surface area (Å²) < 4.78 is 8.67. The lowest BCUT2D eigenvalue weighted by molar-refractivity contribution is -0.0777. The van der Waals surface area contributed by atoms with Gasteiger partial charge in [-0.2, -0.15) is 0 Å². The third-order valence-electron chi connectivity index (χ3n) is 5.18. The fraction of sp³-hybridized carbons (Fsp3) is 0.625. The quantitative estimate of drug-likeness (QED) is 0.419. The van der Waals surface area contributed by atoms with Crippen LogP contribution in [0.2, 0.25) is 0 Å². The predicted molar refractivity (Wildman–Crippen MR) is 93.8 cm³/mol. The van der Waals surface area contributed by atoms with Gasteiger partial charge in [-0.3, -0.25) is 0 Å². The van der Waals surface area contributed by atoms with Crippen molar-refractivity contribution in [2.75, 3.05) is 0 Å². The highest BCUT2D eigenvalue weighted by molar-refractivity contribution is 9.11. The first-order valence-electron chi connectivity index (χ1n) is 7.05. The monoisotopic (exact) mass is 464 g/mol. The maximum atomic E-state index is 6.50. The van der Waals surface area contributed by atoms with Crippen LogP contribution < -0.4 is 4.74 Å². The molecule has 1 aromatic rings. The molecule has 0 aromatic heterocycles. The predicted octanol–water partition coefficient (Wildman–Crippen LogP) is 6.10. The molecule has 0 radical (unpaired) electrons. The standard InChI is InChI=1S/C16H19Br3O/c1-15(2)12-7-9-6-10(17)8-11(18)14(9)20-16(12,3)5-4-13(15)19/h6,8,12-13H,4-5,7H2,1-3H3/t12-,13-,16+/m0/s1. The summed E-state index contributed by atoms with van der Waals surface area (Å²) in [6, 6.07) is 4.28. The SMILES string of the molecule is CC1(C)[C@@H](Br)CC[C@@]2(C)Oc3c(Br)cc(Br)cc3C[C@@H]12. The van der Waals surface area contributed by atoms with E-state index in [2.05, 4.69) is 80.7 Å². The van der Waals surface area contributed by atoms with Crippen LogP contribution in [0.15, 0.2) is 21.1 Å². The average molecular weight is 467 g/mol. The molecule has 1 aliphatic heterocycles. The van der Waals surface area contributed by atoms with Gasteiger partial charge in [-0.1, -0.05) is 45.7 Å². The van der Waals surface area contributed by atoms with E-state index >= 15 is 0 Å². The molecule has 4 heteroatoms. The van der Waals surface area contributed by atoms with E-state index in [1.165, 1.54) is 12.0 Å². The van der Waals surface area contributed by atoms with E-state index < -0.39 is 0 Å². The number of hydrogen-bond acceptors (Lipinski definition) is 1. The van der Waals surface area contributed by atoms with Crippen LogP contribution in [0, 0.1) is 11.3 Å². The molecule has 0 amide bonds. The van der Waals surface area contributed by atoms with Crippen LogP contribution in [0.3, 0.4) is 0 Å². The second kappa shape index (κ2) is 4.99. The summed E-state index contributed by atoms with van der Waals surface area (Å²) in [5.74, 6) is 1.57. The van der Waals surface area contributed by atoms with Crippen LogP contribution in [0.5, 0.6) is 5.75 Å². The number of benzene rings is 1. The molecule has 1 nitrogen and oxygen atoms in total. The van der Waals surface area contributed by atoms with Gasteiger partial charge in [0, 0.05) is 15.2 Å². The van der Waals surface area contributed by atoms with Crippen molar-refractivity contribution in [2.45, 2.75) is 50.5 Å². The maximum absolute atomic E-state index is 6.50. The molecule has 2 aliphatic rings. The number of hydrogen-bond donors (Lipinski definition) is 0. The number of fused-ring (bicyclic) bond motifs is 2. The van der Waals surface area contributed by atoms with Crippen molar-refractivity contribution >= 4 is 47.8 Å². The van der Waals surface area contributed by atoms with Gasteiger partial charge >= 0.3 is 0 Å². The van der Waals surface area contributed by atoms with E-state index in [0.717, 1.165) is 27.5 Å². The van der Waals surface area contributed by atoms with Crippen molar-refractivity contribution in [2.24, 2.45) is 11.3 Å². The van der Waals surface area contributed by atoms with Crippen LogP contribution in [-0.2, 0) is 6.42 Å². The van der Waals surface area contributed by atoms with Gasteiger partial charge in [0.1, 0.15) is 11.4 Å². The Morgan fingerprint density at radius 1 is 1.20 bits per heavy atom. The molecule has 1 heterocycles. The van der Waals surface area contributed by atoms with Crippen LogP contribution in [-0.4, -0.2) is 10.4 Å². The molecule has 110 valence electrons. The molecule has 0 spiro atoms. The number of halogens is 3. The lowest BCUT2D eigenvalue weighted by atomic mass is 9.59. The molecule has 1 fully saturated rings. The average Bonchev–Trinajstić information content (AvgIpc) is 2.35. The number of rotatable bonds is 0. The Kier molecular flexibility index (Phi) is 3.83. The van der Waals surface area contributed by atoms with Crippen molar-refractivity contribution in [3.63, 3.8) is 0 Å². The molecule has 1 aromatic carbocycles. The molecule has 0 N–H and O–H groups in total. The Labute approximate surface area is 146 Å². The van der Waals surface area contributed by atoms with Crippen molar-refractivity contribution in [1.29, 1.82) is 0 Å². The van der Waals surface area contributed by atoms with E-state index in [1.807, 2.05) is 0 Å². The van der Waals surface area contributed by atoms with Gasteiger partial charge in [0.2, 0.25) is 0 Å². The van der Waals surface area contributed by atoms with Crippen LogP contribution in [0.4, 0.5) is 0 Å². The molecule has 0 saturated heterocycles. The first-order valence-corrected chi connectivity index (χ1v) is 9.55.